The monoisotopic (exact) mass is 448 g/mol. The summed E-state index contributed by atoms with van der Waals surface area (Å²) in [5.74, 6) is -3.36. The first-order chi connectivity index (χ1) is 15.9. The number of para-hydroxylation sites is 1. The summed E-state index contributed by atoms with van der Waals surface area (Å²) in [7, 11) is 0. The predicted molar refractivity (Wildman–Crippen MR) is 118 cm³/mol. The Kier molecular flexibility index (Phi) is 5.87. The van der Waals surface area contributed by atoms with E-state index >= 15 is 0 Å². The van der Waals surface area contributed by atoms with Gasteiger partial charge in [-0.3, -0.25) is 14.3 Å². The molecule has 2 amide bonds. The van der Waals surface area contributed by atoms with E-state index in [2.05, 4.69) is 15.4 Å². The van der Waals surface area contributed by atoms with E-state index in [4.69, 9.17) is 11.0 Å². The molecule has 0 radical (unpaired) electrons. The van der Waals surface area contributed by atoms with Gasteiger partial charge in [0.2, 0.25) is 11.8 Å². The molecule has 5 N–H and O–H groups in total. The summed E-state index contributed by atoms with van der Waals surface area (Å²) >= 11 is 0. The highest BCUT2D eigenvalue weighted by molar-refractivity contribution is 6.06. The molecule has 2 atom stereocenters. The first kappa shape index (κ1) is 22.1. The molecule has 3 aromatic rings. The molecular formula is C23H24N6O4. The number of nitrogens with one attached hydrogen (secondary N) is 2. The van der Waals surface area contributed by atoms with Crippen molar-refractivity contribution in [3.05, 3.63) is 53.5 Å². The van der Waals surface area contributed by atoms with Crippen LogP contribution in [-0.2, 0) is 21.5 Å². The Morgan fingerprint density at radius 1 is 1.33 bits per heavy atom. The second-order valence-corrected chi connectivity index (χ2v) is 8.23. The minimum Gasteiger partial charge on any atom is -0.477 e. The molecule has 33 heavy (non-hydrogen) atoms. The summed E-state index contributed by atoms with van der Waals surface area (Å²) in [5, 5.41) is 26.2. The zero-order valence-corrected chi connectivity index (χ0v) is 17.9. The number of fused-ring (bicyclic) bond motifs is 1. The average Bonchev–Trinajstić information content (AvgIpc) is 3.45. The van der Waals surface area contributed by atoms with Gasteiger partial charge >= 0.3 is 5.97 Å². The lowest BCUT2D eigenvalue weighted by atomic mass is 9.60. The van der Waals surface area contributed by atoms with Crippen molar-refractivity contribution in [1.82, 2.24) is 20.1 Å². The number of primary amides is 1. The van der Waals surface area contributed by atoms with Crippen LogP contribution in [0.15, 0.2) is 36.7 Å². The number of hydrogen-bond acceptors (Lipinski definition) is 5. The number of nitrogens with zero attached hydrogens (tertiary/aromatic N) is 3. The molecule has 0 saturated heterocycles. The molecule has 1 aromatic carbocycles. The number of nitrogens with two attached hydrogens (primary N) is 1. The Hall–Kier alpha value is -4.13. The van der Waals surface area contributed by atoms with Crippen molar-refractivity contribution >= 4 is 28.7 Å². The lowest BCUT2D eigenvalue weighted by Crippen LogP contribution is -2.54. The van der Waals surface area contributed by atoms with E-state index in [0.717, 1.165) is 5.56 Å². The summed E-state index contributed by atoms with van der Waals surface area (Å²) in [6.07, 6.45) is 5.35. The van der Waals surface area contributed by atoms with Gasteiger partial charge in [-0.25, -0.2) is 4.79 Å². The van der Waals surface area contributed by atoms with Crippen LogP contribution in [0, 0.1) is 17.2 Å². The van der Waals surface area contributed by atoms with Gasteiger partial charge in [0, 0.05) is 23.3 Å². The second kappa shape index (κ2) is 8.78. The predicted octanol–water partition coefficient (Wildman–Crippen LogP) is 1.66. The molecular weight excluding hydrogens is 424 g/mol. The van der Waals surface area contributed by atoms with Crippen LogP contribution in [0.4, 0.5) is 0 Å². The quantitative estimate of drug-likeness (QED) is 0.401. The third-order valence-electron chi connectivity index (χ3n) is 6.48. The number of carbonyl (C=O) groups is 3. The Morgan fingerprint density at radius 2 is 2.15 bits per heavy atom. The van der Waals surface area contributed by atoms with E-state index < -0.39 is 29.1 Å². The summed E-state index contributed by atoms with van der Waals surface area (Å²) in [4.78, 5) is 41.4. The lowest BCUT2D eigenvalue weighted by Gasteiger charge is -2.41. The van der Waals surface area contributed by atoms with Gasteiger partial charge in [-0.2, -0.15) is 10.4 Å². The van der Waals surface area contributed by atoms with Gasteiger partial charge in [-0.1, -0.05) is 31.0 Å². The second-order valence-electron chi connectivity index (χ2n) is 8.23. The van der Waals surface area contributed by atoms with Crippen molar-refractivity contribution < 1.29 is 19.5 Å². The minimum atomic E-state index is -1.52. The van der Waals surface area contributed by atoms with Gasteiger partial charge in [0.25, 0.3) is 0 Å². The van der Waals surface area contributed by atoms with E-state index in [-0.39, 0.29) is 24.2 Å². The first-order valence-electron chi connectivity index (χ1n) is 10.7. The highest BCUT2D eigenvalue weighted by Gasteiger charge is 2.53. The van der Waals surface area contributed by atoms with Crippen LogP contribution in [-0.4, -0.2) is 44.2 Å². The normalized spacial score (nSPS) is 20.3. The van der Waals surface area contributed by atoms with Crippen LogP contribution < -0.4 is 11.1 Å². The van der Waals surface area contributed by atoms with Crippen LogP contribution in [0.5, 0.6) is 0 Å². The molecule has 4 rings (SSSR count). The van der Waals surface area contributed by atoms with Gasteiger partial charge in [-0.15, -0.1) is 0 Å². The smallest absolute Gasteiger partial charge is 0.352 e. The molecule has 0 bridgehead atoms. The van der Waals surface area contributed by atoms with Gasteiger partial charge < -0.3 is 21.1 Å². The molecule has 1 fully saturated rings. The number of rotatable bonds is 7. The Balaban J connectivity index is 1.95. The van der Waals surface area contributed by atoms with Crippen LogP contribution in [0.1, 0.15) is 47.3 Å². The van der Waals surface area contributed by atoms with Crippen molar-refractivity contribution in [3.63, 3.8) is 0 Å². The standard InChI is InChI=1S/C23H24N6O4/c24-9-11-26-20(30)16-7-1-2-8-23(16,22(25)33)17-15-6-3-5-14(13-29-12-4-10-27-29)18(15)28-19(17)21(31)32/h3-6,10,12,16,28H,1-2,7-8,11,13H2,(H2,25,33)(H,26,30)(H,31,32)/t16-,23-/m0/s1. The highest BCUT2D eigenvalue weighted by atomic mass is 16.4. The summed E-state index contributed by atoms with van der Waals surface area (Å²) in [6, 6.07) is 9.03. The molecule has 0 aliphatic heterocycles. The number of H-pyrrole nitrogens is 1. The number of hydrogen-bond donors (Lipinski definition) is 4. The minimum absolute atomic E-state index is 0.156. The van der Waals surface area contributed by atoms with Crippen molar-refractivity contribution in [3.8, 4) is 6.07 Å². The first-order valence-corrected chi connectivity index (χ1v) is 10.7. The van der Waals surface area contributed by atoms with Crippen molar-refractivity contribution in [2.24, 2.45) is 11.7 Å². The van der Waals surface area contributed by atoms with E-state index in [1.165, 1.54) is 0 Å². The van der Waals surface area contributed by atoms with Crippen LogP contribution in [0.2, 0.25) is 0 Å². The molecule has 2 heterocycles. The number of aromatic nitrogens is 3. The number of benzene rings is 1. The number of aromatic carboxylic acids is 1. The van der Waals surface area contributed by atoms with Crippen molar-refractivity contribution in [2.45, 2.75) is 37.6 Å². The number of carboxylic acid groups (broad SMARTS) is 1. The zero-order chi connectivity index (χ0) is 23.6. The largest absolute Gasteiger partial charge is 0.477 e. The summed E-state index contributed by atoms with van der Waals surface area (Å²) in [6.45, 7) is 0.177. The average molecular weight is 448 g/mol. The van der Waals surface area contributed by atoms with Crippen molar-refractivity contribution in [1.29, 1.82) is 5.26 Å². The summed E-state index contributed by atoms with van der Waals surface area (Å²) in [5.41, 5.74) is 5.85. The van der Waals surface area contributed by atoms with Crippen LogP contribution in [0.3, 0.4) is 0 Å². The molecule has 10 heteroatoms. The zero-order valence-electron chi connectivity index (χ0n) is 17.9. The highest BCUT2D eigenvalue weighted by Crippen LogP contribution is 2.48. The van der Waals surface area contributed by atoms with Gasteiger partial charge in [-0.05, 0) is 24.5 Å². The topological polar surface area (TPSA) is 167 Å². The molecule has 170 valence electrons. The molecule has 0 spiro atoms. The Morgan fingerprint density at radius 3 is 2.82 bits per heavy atom. The van der Waals surface area contributed by atoms with E-state index in [9.17, 15) is 19.5 Å². The third-order valence-corrected chi connectivity index (χ3v) is 6.48. The fourth-order valence-corrected chi connectivity index (χ4v) is 5.10. The number of nitriles is 1. The Labute approximate surface area is 189 Å². The molecule has 10 nitrogen and oxygen atoms in total. The van der Waals surface area contributed by atoms with Crippen molar-refractivity contribution in [2.75, 3.05) is 6.54 Å². The molecule has 1 saturated carbocycles. The fourth-order valence-electron chi connectivity index (χ4n) is 5.10. The maximum absolute atomic E-state index is 13.1. The number of amides is 2. The van der Waals surface area contributed by atoms with E-state index in [1.807, 2.05) is 12.1 Å². The lowest BCUT2D eigenvalue weighted by molar-refractivity contribution is -0.137. The molecule has 2 aromatic heterocycles. The molecule has 0 unspecified atom stereocenters. The third kappa shape index (κ3) is 3.71. The Bertz CT molecular complexity index is 1260. The molecule has 1 aliphatic rings. The number of aromatic amines is 1. The number of carbonyl (C=O) groups excluding carboxylic acids is 2. The van der Waals surface area contributed by atoms with Gasteiger partial charge in [0.15, 0.2) is 0 Å². The number of carboxylic acids is 1. The van der Waals surface area contributed by atoms with Gasteiger partial charge in [0.1, 0.15) is 12.2 Å². The van der Waals surface area contributed by atoms with Crippen LogP contribution >= 0.6 is 0 Å². The summed E-state index contributed by atoms with van der Waals surface area (Å²) < 4.78 is 1.71. The fraction of sp³-hybridized carbons (Fsp3) is 0.348. The SMILES string of the molecule is N#CCNC(=O)[C@@H]1CCCC[C@@]1(C(N)=O)c1c(C(=O)O)[nH]c2c(Cn3cccn3)cccc12. The van der Waals surface area contributed by atoms with E-state index in [0.29, 0.717) is 36.7 Å². The van der Waals surface area contributed by atoms with E-state index in [1.54, 1.807) is 35.3 Å². The maximum Gasteiger partial charge on any atom is 0.352 e. The van der Waals surface area contributed by atoms with Gasteiger partial charge in [0.05, 0.1) is 29.5 Å². The molecule has 1 aliphatic carbocycles. The van der Waals surface area contributed by atoms with Crippen LogP contribution in [0.25, 0.3) is 10.9 Å². The maximum atomic E-state index is 13.1.